The molecule has 7 heteroatoms. The molecule has 92 valence electrons. The second-order valence-corrected chi connectivity index (χ2v) is 3.74. The van der Waals surface area contributed by atoms with Gasteiger partial charge in [0.05, 0.1) is 6.04 Å². The summed E-state index contributed by atoms with van der Waals surface area (Å²) in [5, 5.41) is 11.2. The second kappa shape index (κ2) is 4.69. The number of hydrogen-bond donors (Lipinski definition) is 2. The summed E-state index contributed by atoms with van der Waals surface area (Å²) in [5.74, 6) is -2.01. The number of halogens is 3. The van der Waals surface area contributed by atoms with Gasteiger partial charge in [0.25, 0.3) is 0 Å². The minimum atomic E-state index is -4.90. The van der Waals surface area contributed by atoms with E-state index in [1.54, 1.807) is 20.0 Å². The van der Waals surface area contributed by atoms with Gasteiger partial charge in [0, 0.05) is 0 Å². The molecule has 2 N–H and O–H groups in total. The lowest BCUT2D eigenvalue weighted by Crippen LogP contribution is -2.38. The number of hydrogen-bond acceptors (Lipinski definition) is 2. The summed E-state index contributed by atoms with van der Waals surface area (Å²) in [6.07, 6.45) is -4.90. The number of benzene rings is 1. The van der Waals surface area contributed by atoms with Crippen molar-refractivity contribution < 1.29 is 23.1 Å². The van der Waals surface area contributed by atoms with E-state index >= 15 is 0 Å². The first kappa shape index (κ1) is 13.4. The minimum absolute atomic E-state index is 0.0180. The van der Waals surface area contributed by atoms with E-state index in [1.165, 1.54) is 13.0 Å². The van der Waals surface area contributed by atoms with Gasteiger partial charge in [-0.3, -0.25) is 4.79 Å². The number of carbonyl (C=O) groups excluding carboxylic acids is 1. The maximum Gasteiger partial charge on any atom is 0.471 e. The van der Waals surface area contributed by atoms with E-state index in [1.807, 2.05) is 5.32 Å². The molecule has 0 unspecified atom stereocenters. The van der Waals surface area contributed by atoms with Crippen LogP contribution < -0.4 is 10.8 Å². The molecule has 0 aliphatic rings. The van der Waals surface area contributed by atoms with Crippen LogP contribution in [0.15, 0.2) is 18.2 Å². The fourth-order valence-electron chi connectivity index (χ4n) is 1.26. The van der Waals surface area contributed by atoms with E-state index in [9.17, 15) is 23.1 Å². The van der Waals surface area contributed by atoms with Crippen molar-refractivity contribution in [2.24, 2.45) is 0 Å². The van der Waals surface area contributed by atoms with Crippen molar-refractivity contribution >= 4 is 19.2 Å². The van der Waals surface area contributed by atoms with E-state index in [4.69, 9.17) is 0 Å². The molecule has 0 saturated heterocycles. The predicted octanol–water partition coefficient (Wildman–Crippen LogP) is 0.390. The molecule has 0 aromatic heterocycles. The largest absolute Gasteiger partial charge is 0.509 e. The minimum Gasteiger partial charge on any atom is -0.509 e. The topological polar surface area (TPSA) is 49.3 Å². The number of amides is 1. The standard InChI is InChI=1S/C10H11BF3NO2/c1-5(15-9(17)10(12,13)14)6-2-3-7(11)8(16)4-6/h2-5,16H,11H2,1H3,(H,15,17)/t5-/m1/s1. The van der Waals surface area contributed by atoms with Crippen molar-refractivity contribution in [1.82, 2.24) is 5.32 Å². The SMILES string of the molecule is Bc1ccc([C@@H](C)NC(=O)C(F)(F)F)cc1O. The molecule has 0 bridgehead atoms. The fraction of sp³-hybridized carbons (Fsp3) is 0.300. The highest BCUT2D eigenvalue weighted by molar-refractivity contribution is 6.34. The number of phenols is 1. The van der Waals surface area contributed by atoms with Gasteiger partial charge in [-0.15, -0.1) is 0 Å². The van der Waals surface area contributed by atoms with Crippen LogP contribution in [0.4, 0.5) is 13.2 Å². The molecular weight excluding hydrogens is 234 g/mol. The van der Waals surface area contributed by atoms with Crippen LogP contribution in [0.1, 0.15) is 18.5 Å². The van der Waals surface area contributed by atoms with E-state index in [0.717, 1.165) is 0 Å². The number of rotatable bonds is 2. The Morgan fingerprint density at radius 2 is 2.06 bits per heavy atom. The van der Waals surface area contributed by atoms with Crippen LogP contribution in [-0.2, 0) is 4.79 Å². The van der Waals surface area contributed by atoms with Crippen LogP contribution >= 0.6 is 0 Å². The summed E-state index contributed by atoms with van der Waals surface area (Å²) in [5.41, 5.74) is 1.02. The van der Waals surface area contributed by atoms with Gasteiger partial charge in [-0.25, -0.2) is 0 Å². The maximum absolute atomic E-state index is 12.0. The summed E-state index contributed by atoms with van der Waals surface area (Å²) in [4.78, 5) is 10.7. The number of phenolic OH excluding ortho intramolecular Hbond substituents is 1. The molecule has 0 saturated carbocycles. The molecule has 1 rings (SSSR count). The molecule has 1 aromatic rings. The zero-order valence-corrected chi connectivity index (χ0v) is 9.30. The quantitative estimate of drug-likeness (QED) is 0.740. The molecular formula is C10H11BF3NO2. The molecule has 17 heavy (non-hydrogen) atoms. The summed E-state index contributed by atoms with van der Waals surface area (Å²) < 4.78 is 36.0. The molecule has 0 heterocycles. The average molecular weight is 245 g/mol. The van der Waals surface area contributed by atoms with Crippen LogP contribution in [0.2, 0.25) is 0 Å². The van der Waals surface area contributed by atoms with Crippen molar-refractivity contribution in [2.45, 2.75) is 19.1 Å². The third-order valence-electron chi connectivity index (χ3n) is 2.34. The molecule has 3 nitrogen and oxygen atoms in total. The number of alkyl halides is 3. The number of carbonyl (C=O) groups is 1. The molecule has 1 aromatic carbocycles. The highest BCUT2D eigenvalue weighted by atomic mass is 19.4. The smallest absolute Gasteiger partial charge is 0.471 e. The van der Waals surface area contributed by atoms with Gasteiger partial charge in [0.2, 0.25) is 0 Å². The Hall–Kier alpha value is -1.66. The molecule has 0 aliphatic carbocycles. The molecule has 1 atom stereocenters. The van der Waals surface area contributed by atoms with E-state index in [-0.39, 0.29) is 5.75 Å². The van der Waals surface area contributed by atoms with Gasteiger partial charge in [0.15, 0.2) is 0 Å². The van der Waals surface area contributed by atoms with Crippen LogP contribution in [0.3, 0.4) is 0 Å². The predicted molar refractivity (Wildman–Crippen MR) is 58.9 cm³/mol. The number of nitrogens with one attached hydrogen (secondary N) is 1. The molecule has 0 spiro atoms. The Balaban J connectivity index is 2.80. The van der Waals surface area contributed by atoms with Crippen LogP contribution in [0.25, 0.3) is 0 Å². The lowest BCUT2D eigenvalue weighted by atomic mass is 9.92. The molecule has 0 aliphatic heterocycles. The fourth-order valence-corrected chi connectivity index (χ4v) is 1.26. The monoisotopic (exact) mass is 245 g/mol. The maximum atomic E-state index is 12.0. The lowest BCUT2D eigenvalue weighted by molar-refractivity contribution is -0.174. The summed E-state index contributed by atoms with van der Waals surface area (Å²) >= 11 is 0. The van der Waals surface area contributed by atoms with Crippen molar-refractivity contribution in [3.05, 3.63) is 23.8 Å². The van der Waals surface area contributed by atoms with E-state index < -0.39 is 18.1 Å². The van der Waals surface area contributed by atoms with Gasteiger partial charge >= 0.3 is 12.1 Å². The zero-order chi connectivity index (χ0) is 13.2. The summed E-state index contributed by atoms with van der Waals surface area (Å²) in [6.45, 7) is 1.41. The highest BCUT2D eigenvalue weighted by Gasteiger charge is 2.39. The molecule has 0 radical (unpaired) electrons. The van der Waals surface area contributed by atoms with Crippen LogP contribution in [-0.4, -0.2) is 25.0 Å². The van der Waals surface area contributed by atoms with E-state index in [2.05, 4.69) is 0 Å². The van der Waals surface area contributed by atoms with Crippen LogP contribution in [0, 0.1) is 0 Å². The normalized spacial score (nSPS) is 13.2. The first-order valence-corrected chi connectivity index (χ1v) is 4.89. The molecule has 1 amide bonds. The zero-order valence-electron chi connectivity index (χ0n) is 9.30. The van der Waals surface area contributed by atoms with Gasteiger partial charge in [-0.05, 0) is 24.0 Å². The van der Waals surface area contributed by atoms with Gasteiger partial charge < -0.3 is 10.4 Å². The average Bonchev–Trinajstić information content (AvgIpc) is 2.20. The van der Waals surface area contributed by atoms with E-state index in [0.29, 0.717) is 11.0 Å². The van der Waals surface area contributed by atoms with Crippen molar-refractivity contribution in [1.29, 1.82) is 0 Å². The Morgan fingerprint density at radius 3 is 2.53 bits per heavy atom. The number of aromatic hydroxyl groups is 1. The Morgan fingerprint density at radius 1 is 1.47 bits per heavy atom. The van der Waals surface area contributed by atoms with Crippen molar-refractivity contribution in [3.63, 3.8) is 0 Å². The first-order valence-electron chi connectivity index (χ1n) is 4.89. The van der Waals surface area contributed by atoms with Gasteiger partial charge in [0.1, 0.15) is 13.6 Å². The summed E-state index contributed by atoms with van der Waals surface area (Å²) in [7, 11) is 1.66. The van der Waals surface area contributed by atoms with Gasteiger partial charge in [-0.1, -0.05) is 12.1 Å². The third-order valence-corrected chi connectivity index (χ3v) is 2.34. The lowest BCUT2D eigenvalue weighted by Gasteiger charge is -2.16. The molecule has 0 fully saturated rings. The van der Waals surface area contributed by atoms with Crippen LogP contribution in [0.5, 0.6) is 5.75 Å². The van der Waals surface area contributed by atoms with Gasteiger partial charge in [-0.2, -0.15) is 13.2 Å². The van der Waals surface area contributed by atoms with Crippen molar-refractivity contribution in [2.75, 3.05) is 0 Å². The first-order chi connectivity index (χ1) is 7.71. The second-order valence-electron chi connectivity index (χ2n) is 3.74. The summed E-state index contributed by atoms with van der Waals surface area (Å²) in [6, 6.07) is 3.63. The third kappa shape index (κ3) is 3.40. The Labute approximate surface area is 97.0 Å². The highest BCUT2D eigenvalue weighted by Crippen LogP contribution is 2.20. The van der Waals surface area contributed by atoms with Crippen molar-refractivity contribution in [3.8, 4) is 5.75 Å². The Kier molecular flexibility index (Phi) is 3.70. The Bertz CT molecular complexity index is 434.